The Hall–Kier alpha value is -1.69. The minimum atomic E-state index is -0.660. The fraction of sp³-hybridized carbons (Fsp3) is 0.588. The molecule has 2 aromatic rings. The SMILES string of the molecule is CC[C@H](C)OC(=O)[C@@H](C)n1cnc2sc3c(c2c1=O)CCCC3. The van der Waals surface area contributed by atoms with Crippen molar-refractivity contribution in [3.8, 4) is 0 Å². The summed E-state index contributed by atoms with van der Waals surface area (Å²) >= 11 is 1.62. The molecule has 0 unspecified atom stereocenters. The number of aromatic nitrogens is 2. The lowest BCUT2D eigenvalue weighted by Gasteiger charge is -2.17. The van der Waals surface area contributed by atoms with E-state index in [0.717, 1.165) is 36.1 Å². The van der Waals surface area contributed by atoms with Crippen LogP contribution < -0.4 is 5.56 Å². The van der Waals surface area contributed by atoms with Crippen molar-refractivity contribution in [2.45, 2.75) is 65.0 Å². The van der Waals surface area contributed by atoms with Crippen LogP contribution in [0.2, 0.25) is 0 Å². The van der Waals surface area contributed by atoms with Crippen molar-refractivity contribution >= 4 is 27.5 Å². The second-order valence-electron chi connectivity index (χ2n) is 6.18. The molecule has 0 bridgehead atoms. The molecule has 124 valence electrons. The number of rotatable bonds is 4. The Morgan fingerprint density at radius 1 is 1.39 bits per heavy atom. The van der Waals surface area contributed by atoms with Gasteiger partial charge in [-0.25, -0.2) is 9.78 Å². The Balaban J connectivity index is 2.00. The Bertz CT molecular complexity index is 793. The van der Waals surface area contributed by atoms with Crippen molar-refractivity contribution in [3.05, 3.63) is 27.1 Å². The molecule has 5 nitrogen and oxygen atoms in total. The van der Waals surface area contributed by atoms with Crippen LogP contribution in [0, 0.1) is 0 Å². The Kier molecular flexibility index (Phi) is 4.53. The molecule has 0 fully saturated rings. The minimum absolute atomic E-state index is 0.122. The molecule has 0 spiro atoms. The highest BCUT2D eigenvalue weighted by molar-refractivity contribution is 7.18. The summed E-state index contributed by atoms with van der Waals surface area (Å²) in [7, 11) is 0. The topological polar surface area (TPSA) is 61.2 Å². The Morgan fingerprint density at radius 3 is 2.87 bits per heavy atom. The molecule has 0 aromatic carbocycles. The maximum atomic E-state index is 12.9. The summed E-state index contributed by atoms with van der Waals surface area (Å²) < 4.78 is 6.76. The molecule has 2 aromatic heterocycles. The van der Waals surface area contributed by atoms with Gasteiger partial charge in [0.05, 0.1) is 17.8 Å². The molecule has 1 aliphatic carbocycles. The number of esters is 1. The number of hydrogen-bond donors (Lipinski definition) is 0. The molecule has 2 heterocycles. The first-order valence-corrected chi connectivity index (χ1v) is 9.06. The zero-order valence-corrected chi connectivity index (χ0v) is 14.6. The van der Waals surface area contributed by atoms with Crippen LogP contribution in [-0.4, -0.2) is 21.6 Å². The zero-order chi connectivity index (χ0) is 16.6. The van der Waals surface area contributed by atoms with Crippen LogP contribution in [0.4, 0.5) is 0 Å². The van der Waals surface area contributed by atoms with Gasteiger partial charge in [-0.3, -0.25) is 9.36 Å². The highest BCUT2D eigenvalue weighted by Gasteiger charge is 2.24. The third-order valence-electron chi connectivity index (χ3n) is 4.55. The molecular formula is C17H22N2O3S. The summed E-state index contributed by atoms with van der Waals surface area (Å²) in [6.45, 7) is 5.50. The molecule has 3 rings (SSSR count). The monoisotopic (exact) mass is 334 g/mol. The van der Waals surface area contributed by atoms with Crippen LogP contribution in [0.15, 0.2) is 11.1 Å². The van der Waals surface area contributed by atoms with Crippen LogP contribution in [0.5, 0.6) is 0 Å². The van der Waals surface area contributed by atoms with Gasteiger partial charge in [0.1, 0.15) is 10.9 Å². The summed E-state index contributed by atoms with van der Waals surface area (Å²) in [6, 6.07) is -0.660. The van der Waals surface area contributed by atoms with E-state index >= 15 is 0 Å². The fourth-order valence-corrected chi connectivity index (χ4v) is 4.15. The van der Waals surface area contributed by atoms with Crippen molar-refractivity contribution in [2.24, 2.45) is 0 Å². The number of ether oxygens (including phenoxy) is 1. The van der Waals surface area contributed by atoms with Crippen LogP contribution >= 0.6 is 11.3 Å². The number of hydrogen-bond acceptors (Lipinski definition) is 5. The predicted molar refractivity (Wildman–Crippen MR) is 91.1 cm³/mol. The Morgan fingerprint density at radius 2 is 2.13 bits per heavy atom. The third-order valence-corrected chi connectivity index (χ3v) is 5.75. The molecule has 0 N–H and O–H groups in total. The van der Waals surface area contributed by atoms with Crippen molar-refractivity contribution in [3.63, 3.8) is 0 Å². The number of nitrogens with zero attached hydrogens (tertiary/aromatic N) is 2. The standard InChI is InChI=1S/C17H22N2O3S/c1-4-10(2)22-17(21)11(3)19-9-18-15-14(16(19)20)12-7-5-6-8-13(12)23-15/h9-11H,4-8H2,1-3H3/t10-,11+/m0/s1. The quantitative estimate of drug-likeness (QED) is 0.805. The molecule has 0 amide bonds. The molecule has 0 saturated carbocycles. The normalized spacial score (nSPS) is 16.8. The van der Waals surface area contributed by atoms with Crippen molar-refractivity contribution in [2.75, 3.05) is 0 Å². The van der Waals surface area contributed by atoms with E-state index in [0.29, 0.717) is 5.39 Å². The van der Waals surface area contributed by atoms with E-state index in [1.807, 2.05) is 13.8 Å². The molecular weight excluding hydrogens is 312 g/mol. The van der Waals surface area contributed by atoms with Gasteiger partial charge in [-0.2, -0.15) is 0 Å². The van der Waals surface area contributed by atoms with E-state index < -0.39 is 6.04 Å². The van der Waals surface area contributed by atoms with Gasteiger partial charge in [0.15, 0.2) is 0 Å². The third kappa shape index (κ3) is 2.92. The van der Waals surface area contributed by atoms with Gasteiger partial charge in [-0.05, 0) is 51.5 Å². The van der Waals surface area contributed by atoms with Crippen molar-refractivity contribution in [1.82, 2.24) is 9.55 Å². The average Bonchev–Trinajstić information content (AvgIpc) is 2.93. The van der Waals surface area contributed by atoms with Gasteiger partial charge in [-0.1, -0.05) is 6.92 Å². The molecule has 0 aliphatic heterocycles. The highest BCUT2D eigenvalue weighted by atomic mass is 32.1. The van der Waals surface area contributed by atoms with Gasteiger partial charge in [0, 0.05) is 4.88 Å². The van der Waals surface area contributed by atoms with Gasteiger partial charge in [0.2, 0.25) is 0 Å². The van der Waals surface area contributed by atoms with Gasteiger partial charge < -0.3 is 4.74 Å². The first kappa shape index (κ1) is 16.2. The lowest BCUT2D eigenvalue weighted by Crippen LogP contribution is -2.31. The van der Waals surface area contributed by atoms with Gasteiger partial charge in [-0.15, -0.1) is 11.3 Å². The summed E-state index contributed by atoms with van der Waals surface area (Å²) in [5, 5.41) is 0.704. The van der Waals surface area contributed by atoms with Crippen molar-refractivity contribution in [1.29, 1.82) is 0 Å². The fourth-order valence-electron chi connectivity index (χ4n) is 2.93. The maximum Gasteiger partial charge on any atom is 0.329 e. The van der Waals surface area contributed by atoms with Gasteiger partial charge >= 0.3 is 5.97 Å². The maximum absolute atomic E-state index is 12.9. The summed E-state index contributed by atoms with van der Waals surface area (Å²) in [6.07, 6.45) is 6.33. The number of thiophene rings is 1. The summed E-state index contributed by atoms with van der Waals surface area (Å²) in [5.41, 5.74) is 1.02. The second-order valence-corrected chi connectivity index (χ2v) is 7.26. The van der Waals surface area contributed by atoms with Crippen LogP contribution in [0.3, 0.4) is 0 Å². The molecule has 0 saturated heterocycles. The number of carbonyl (C=O) groups excluding carboxylic acids is 1. The Labute approximate surface area is 139 Å². The smallest absolute Gasteiger partial charge is 0.329 e. The first-order chi connectivity index (χ1) is 11.0. The van der Waals surface area contributed by atoms with Crippen LogP contribution in [-0.2, 0) is 22.4 Å². The van der Waals surface area contributed by atoms with E-state index in [2.05, 4.69) is 4.98 Å². The minimum Gasteiger partial charge on any atom is -0.461 e. The van der Waals surface area contributed by atoms with Crippen LogP contribution in [0.1, 0.15) is 56.5 Å². The van der Waals surface area contributed by atoms with Gasteiger partial charge in [0.25, 0.3) is 5.56 Å². The predicted octanol–water partition coefficient (Wildman–Crippen LogP) is 3.24. The lowest BCUT2D eigenvalue weighted by atomic mass is 9.97. The van der Waals surface area contributed by atoms with E-state index in [1.165, 1.54) is 22.2 Å². The first-order valence-electron chi connectivity index (χ1n) is 8.24. The van der Waals surface area contributed by atoms with E-state index in [1.54, 1.807) is 18.3 Å². The summed E-state index contributed by atoms with van der Waals surface area (Å²) in [5.74, 6) is -0.383. The summed E-state index contributed by atoms with van der Waals surface area (Å²) in [4.78, 5) is 31.6. The largest absolute Gasteiger partial charge is 0.461 e. The lowest BCUT2D eigenvalue weighted by molar-refractivity contribution is -0.152. The van der Waals surface area contributed by atoms with E-state index in [-0.39, 0.29) is 17.6 Å². The van der Waals surface area contributed by atoms with E-state index in [9.17, 15) is 9.59 Å². The average molecular weight is 334 g/mol. The highest BCUT2D eigenvalue weighted by Crippen LogP contribution is 2.33. The zero-order valence-electron chi connectivity index (χ0n) is 13.8. The number of fused-ring (bicyclic) bond motifs is 3. The molecule has 0 radical (unpaired) electrons. The van der Waals surface area contributed by atoms with Crippen molar-refractivity contribution < 1.29 is 9.53 Å². The molecule has 2 atom stereocenters. The molecule has 6 heteroatoms. The number of carbonyl (C=O) groups is 1. The molecule has 23 heavy (non-hydrogen) atoms. The molecule has 1 aliphatic rings. The second kappa shape index (κ2) is 6.43. The van der Waals surface area contributed by atoms with Crippen LogP contribution in [0.25, 0.3) is 10.2 Å². The van der Waals surface area contributed by atoms with E-state index in [4.69, 9.17) is 4.74 Å². The number of aryl methyl sites for hydroxylation is 2.